The van der Waals surface area contributed by atoms with Gasteiger partial charge < -0.3 is 19.1 Å². The highest BCUT2D eigenvalue weighted by molar-refractivity contribution is 7.00. The summed E-state index contributed by atoms with van der Waals surface area (Å²) in [5.41, 5.74) is 26.6. The van der Waals surface area contributed by atoms with Crippen molar-refractivity contribution in [3.63, 3.8) is 0 Å². The molecule has 5 heteroatoms. The lowest BCUT2D eigenvalue weighted by atomic mass is 9.35. The van der Waals surface area contributed by atoms with Gasteiger partial charge in [0.15, 0.2) is 0 Å². The summed E-state index contributed by atoms with van der Waals surface area (Å²) < 4.78 is 7.86. The molecule has 1 aromatic heterocycles. The van der Waals surface area contributed by atoms with E-state index in [0.29, 0.717) is 0 Å². The van der Waals surface area contributed by atoms with Gasteiger partial charge in [0.2, 0.25) is 0 Å². The summed E-state index contributed by atoms with van der Waals surface area (Å²) in [4.78, 5) is 8.27. The third-order valence-electron chi connectivity index (χ3n) is 22.9. The summed E-state index contributed by atoms with van der Waals surface area (Å²) in [6.45, 7) is 41.9. The second-order valence-corrected chi connectivity index (χ2v) is 31.7. The van der Waals surface area contributed by atoms with Crippen LogP contribution in [0.15, 0.2) is 108 Å². The van der Waals surface area contributed by atoms with Gasteiger partial charge >= 0.3 is 0 Å². The molecule has 0 radical (unpaired) electrons. The summed E-state index contributed by atoms with van der Waals surface area (Å²) in [6, 6.07) is 42.5. The Morgan fingerprint density at radius 2 is 0.949 bits per heavy atom. The van der Waals surface area contributed by atoms with Crippen molar-refractivity contribution >= 4 is 79.8 Å². The largest absolute Gasteiger partial charge is 0.468 e. The quantitative estimate of drug-likeness (QED) is 0.165. The minimum absolute atomic E-state index is 0.00509. The number of benzene rings is 6. The average Bonchev–Trinajstić information content (AvgIpc) is 4.13. The van der Waals surface area contributed by atoms with E-state index >= 15 is 0 Å². The zero-order valence-corrected chi connectivity index (χ0v) is 51.2. The molecule has 4 nitrogen and oxygen atoms in total. The van der Waals surface area contributed by atoms with Crippen LogP contribution in [0, 0.1) is 0 Å². The molecule has 1 saturated carbocycles. The van der Waals surface area contributed by atoms with E-state index < -0.39 is 0 Å². The van der Waals surface area contributed by atoms with Crippen LogP contribution in [0.2, 0.25) is 0 Å². The van der Waals surface area contributed by atoms with E-state index in [2.05, 4.69) is 236 Å². The predicted octanol–water partition coefficient (Wildman–Crippen LogP) is 18.6. The van der Waals surface area contributed by atoms with Gasteiger partial charge in [-0.25, -0.2) is 0 Å². The number of hydrogen-bond acceptors (Lipinski definition) is 4. The van der Waals surface area contributed by atoms with Crippen LogP contribution in [0.5, 0.6) is 0 Å². The van der Waals surface area contributed by atoms with Crippen molar-refractivity contribution in [1.29, 1.82) is 0 Å². The van der Waals surface area contributed by atoms with E-state index in [4.69, 9.17) is 4.42 Å². The molecule has 7 aliphatic rings. The lowest BCUT2D eigenvalue weighted by Gasteiger charge is -2.51. The maximum atomic E-state index is 7.86. The van der Waals surface area contributed by atoms with E-state index in [1.807, 2.05) is 0 Å². The molecule has 14 rings (SSSR count). The Morgan fingerprint density at radius 1 is 0.430 bits per heavy atom. The Bertz CT molecular complexity index is 3740. The van der Waals surface area contributed by atoms with Crippen molar-refractivity contribution < 1.29 is 4.42 Å². The monoisotopic (exact) mass is 1050 g/mol. The van der Waals surface area contributed by atoms with Crippen molar-refractivity contribution in [1.82, 2.24) is 0 Å². The van der Waals surface area contributed by atoms with Gasteiger partial charge in [-0.3, -0.25) is 0 Å². The summed E-state index contributed by atoms with van der Waals surface area (Å²) in [5, 5.41) is 1.22. The second kappa shape index (κ2) is 16.1. The van der Waals surface area contributed by atoms with Gasteiger partial charge in [0.1, 0.15) is 5.58 Å². The predicted molar refractivity (Wildman–Crippen MR) is 338 cm³/mol. The number of furan rings is 1. The van der Waals surface area contributed by atoms with Crippen molar-refractivity contribution in [2.24, 2.45) is 0 Å². The molecule has 4 heterocycles. The maximum Gasteiger partial charge on any atom is 0.297 e. The molecule has 0 spiro atoms. The second-order valence-electron chi connectivity index (χ2n) is 31.7. The van der Waals surface area contributed by atoms with Gasteiger partial charge in [-0.15, -0.1) is 0 Å². The van der Waals surface area contributed by atoms with E-state index in [9.17, 15) is 0 Å². The molecule has 0 saturated heterocycles. The molecule has 0 amide bonds. The molecule has 2 atom stereocenters. The fourth-order valence-electron chi connectivity index (χ4n) is 17.2. The molecule has 0 N–H and O–H groups in total. The highest BCUT2D eigenvalue weighted by atomic mass is 16.3. The maximum absolute atomic E-state index is 7.86. The molecule has 4 aliphatic carbocycles. The topological polar surface area (TPSA) is 22.9 Å². The zero-order chi connectivity index (χ0) is 55.7. The summed E-state index contributed by atoms with van der Waals surface area (Å²) in [7, 11) is 0. The van der Waals surface area contributed by atoms with Gasteiger partial charge in [0.25, 0.3) is 6.71 Å². The first-order valence-electron chi connectivity index (χ1n) is 30.7. The Morgan fingerprint density at radius 3 is 1.57 bits per heavy atom. The average molecular weight is 1050 g/mol. The molecule has 2 unspecified atom stereocenters. The van der Waals surface area contributed by atoms with Crippen LogP contribution >= 0.6 is 0 Å². The van der Waals surface area contributed by atoms with Crippen molar-refractivity contribution in [2.45, 2.75) is 231 Å². The molecule has 7 aromatic rings. The van der Waals surface area contributed by atoms with Crippen LogP contribution in [0.1, 0.15) is 226 Å². The first kappa shape index (κ1) is 51.5. The van der Waals surface area contributed by atoms with Crippen molar-refractivity contribution in [3.05, 3.63) is 148 Å². The number of hydrogen-bond donors (Lipinski definition) is 0. The first-order valence-corrected chi connectivity index (χ1v) is 30.7. The zero-order valence-electron chi connectivity index (χ0n) is 51.2. The van der Waals surface area contributed by atoms with Crippen molar-refractivity contribution in [2.75, 3.05) is 14.7 Å². The summed E-state index contributed by atoms with van der Waals surface area (Å²) in [6.07, 6.45) is 11.8. The fraction of sp³-hybridized carbons (Fsp3) is 0.486. The molecule has 79 heavy (non-hydrogen) atoms. The summed E-state index contributed by atoms with van der Waals surface area (Å²) in [5.74, 6) is 0. The van der Waals surface area contributed by atoms with Gasteiger partial charge in [-0.05, 0) is 212 Å². The van der Waals surface area contributed by atoms with E-state index in [1.54, 1.807) is 0 Å². The standard InChI is InChI=1S/C74H88BN3O/c1-66(2,3)45-24-26-46(27-25-45)77-61-40-48(78-58-23-19-18-22-51(58)73(16)30-20-21-31-74(73,78)17)39-60-63(61)75(65-64(77)49-41-53-56(44-62(49)79-65)72(14,15)37-34-69(53,8)9)57-42-54-55(71(12,13)36-35-70(54,10)11)43-59(57)76(60)47-28-29-50-52(38-47)68(6,7)33-32-67(50,4)5/h18-19,22-29,38-44H,20-21,30-37H2,1-17H3. The number of para-hydroxylation sites is 1. The molecular weight excluding hydrogens is 958 g/mol. The van der Waals surface area contributed by atoms with Crippen LogP contribution in [0.4, 0.5) is 45.5 Å². The van der Waals surface area contributed by atoms with Crippen LogP contribution in [0.3, 0.4) is 0 Å². The minimum Gasteiger partial charge on any atom is -0.468 e. The van der Waals surface area contributed by atoms with Gasteiger partial charge in [-0.1, -0.05) is 166 Å². The normalized spacial score (nSPS) is 24.9. The van der Waals surface area contributed by atoms with E-state index in [1.165, 1.54) is 132 Å². The molecule has 0 bridgehead atoms. The molecule has 1 fully saturated rings. The van der Waals surface area contributed by atoms with Crippen molar-refractivity contribution in [3.8, 4) is 0 Å². The number of rotatable bonds is 3. The Balaban J connectivity index is 1.15. The Kier molecular flexibility index (Phi) is 10.5. The smallest absolute Gasteiger partial charge is 0.297 e. The fourth-order valence-corrected chi connectivity index (χ4v) is 17.2. The van der Waals surface area contributed by atoms with Crippen LogP contribution < -0.4 is 31.3 Å². The van der Waals surface area contributed by atoms with E-state index in [0.717, 1.165) is 49.8 Å². The Labute approximate surface area is 474 Å². The Hall–Kier alpha value is -5.68. The SMILES string of the molecule is CC(C)(C)c1ccc(N2c3cc(N4c5ccccc5C5(C)CCCCC45C)cc4c3B(c3cc5c(cc3N4c3ccc4c(c3)C(C)(C)CCC4(C)C)C(C)(C)CCC5(C)C)c3oc4cc5c(cc4c32)C(C)(C)CCC5(C)C)cc1. The highest BCUT2D eigenvalue weighted by Gasteiger charge is 2.59. The third-order valence-corrected chi connectivity index (χ3v) is 22.9. The summed E-state index contributed by atoms with van der Waals surface area (Å²) >= 11 is 0. The molecule has 3 aliphatic heterocycles. The molecular formula is C74H88BN3O. The number of anilines is 8. The minimum atomic E-state index is -0.156. The van der Waals surface area contributed by atoms with Crippen LogP contribution in [-0.4, -0.2) is 12.3 Å². The number of nitrogens with zero attached hydrogens (tertiary/aromatic N) is 3. The molecule has 408 valence electrons. The van der Waals surface area contributed by atoms with Crippen LogP contribution in [-0.2, 0) is 43.3 Å². The first-order chi connectivity index (χ1) is 37.0. The lowest BCUT2D eigenvalue weighted by Crippen LogP contribution is -2.61. The van der Waals surface area contributed by atoms with Gasteiger partial charge in [0, 0.05) is 50.6 Å². The van der Waals surface area contributed by atoms with Crippen LogP contribution in [0.25, 0.3) is 11.0 Å². The highest BCUT2D eigenvalue weighted by Crippen LogP contribution is 2.63. The lowest BCUT2D eigenvalue weighted by molar-refractivity contribution is 0.195. The van der Waals surface area contributed by atoms with Gasteiger partial charge in [0.05, 0.1) is 16.9 Å². The third kappa shape index (κ3) is 7.05. The molecule has 6 aromatic carbocycles. The van der Waals surface area contributed by atoms with Gasteiger partial charge in [-0.2, -0.15) is 0 Å². The van der Waals surface area contributed by atoms with E-state index in [-0.39, 0.29) is 55.6 Å². The number of fused-ring (bicyclic) bond motifs is 12.